The van der Waals surface area contributed by atoms with Crippen LogP contribution in [0.15, 0.2) is 82.1 Å². The largest absolute Gasteiger partial charge is 0.497 e. The van der Waals surface area contributed by atoms with E-state index in [1.165, 1.54) is 79.9 Å². The van der Waals surface area contributed by atoms with Gasteiger partial charge in [-0.05, 0) is 66.7 Å². The van der Waals surface area contributed by atoms with Crippen molar-refractivity contribution in [1.82, 2.24) is 10.2 Å². The number of hydrogen-bond donors (Lipinski definition) is 2. The van der Waals surface area contributed by atoms with Crippen LogP contribution in [-0.4, -0.2) is 31.6 Å². The monoisotopic (exact) mass is 468 g/mol. The van der Waals surface area contributed by atoms with Crippen molar-refractivity contribution in [3.63, 3.8) is 0 Å². The van der Waals surface area contributed by atoms with Gasteiger partial charge in [-0.15, -0.1) is 5.10 Å². The van der Waals surface area contributed by atoms with Crippen LogP contribution in [0.3, 0.4) is 0 Å². The number of sulfonamides is 1. The van der Waals surface area contributed by atoms with Gasteiger partial charge in [0.05, 0.1) is 12.0 Å². The minimum Gasteiger partial charge on any atom is -0.497 e. The SMILES string of the molecule is COc1ccc(S(=O)(=O)Nc2cccc(C(=O)Nc3nnc(-c4ccc(F)cc4)o3)c2)cc1. The Bertz CT molecular complexity index is 1390. The van der Waals surface area contributed by atoms with Crippen LogP contribution >= 0.6 is 0 Å². The molecule has 0 unspecified atom stereocenters. The highest BCUT2D eigenvalue weighted by atomic mass is 32.2. The van der Waals surface area contributed by atoms with Gasteiger partial charge in [0.2, 0.25) is 5.89 Å². The Morgan fingerprint density at radius 3 is 2.42 bits per heavy atom. The second-order valence-electron chi connectivity index (χ2n) is 6.74. The number of halogens is 1. The van der Waals surface area contributed by atoms with Crippen LogP contribution < -0.4 is 14.8 Å². The Labute approximate surface area is 188 Å². The van der Waals surface area contributed by atoms with Crippen LogP contribution in [0.2, 0.25) is 0 Å². The van der Waals surface area contributed by atoms with Gasteiger partial charge in [0.25, 0.3) is 15.9 Å². The number of carbonyl (C=O) groups excluding carboxylic acids is 1. The molecule has 0 spiro atoms. The molecule has 0 radical (unpaired) electrons. The van der Waals surface area contributed by atoms with E-state index in [1.807, 2.05) is 0 Å². The van der Waals surface area contributed by atoms with Crippen molar-refractivity contribution in [2.45, 2.75) is 4.90 Å². The number of benzene rings is 3. The molecule has 33 heavy (non-hydrogen) atoms. The molecule has 0 saturated carbocycles. The first-order valence-electron chi connectivity index (χ1n) is 9.52. The lowest BCUT2D eigenvalue weighted by Crippen LogP contribution is -2.15. The summed E-state index contributed by atoms with van der Waals surface area (Å²) < 4.78 is 51.2. The number of amides is 1. The topological polar surface area (TPSA) is 123 Å². The Balaban J connectivity index is 1.47. The van der Waals surface area contributed by atoms with Gasteiger partial charge >= 0.3 is 6.01 Å². The Morgan fingerprint density at radius 1 is 1.00 bits per heavy atom. The molecule has 0 bridgehead atoms. The lowest BCUT2D eigenvalue weighted by molar-refractivity contribution is 0.102. The fraction of sp³-hybridized carbons (Fsp3) is 0.0455. The van der Waals surface area contributed by atoms with E-state index in [1.54, 1.807) is 0 Å². The number of aromatic nitrogens is 2. The highest BCUT2D eigenvalue weighted by molar-refractivity contribution is 7.92. The molecule has 3 aromatic carbocycles. The number of rotatable bonds is 7. The van der Waals surface area contributed by atoms with Crippen molar-refractivity contribution >= 4 is 27.6 Å². The normalized spacial score (nSPS) is 11.1. The van der Waals surface area contributed by atoms with Gasteiger partial charge in [-0.25, -0.2) is 12.8 Å². The summed E-state index contributed by atoms with van der Waals surface area (Å²) in [7, 11) is -2.39. The minimum atomic E-state index is -3.87. The summed E-state index contributed by atoms with van der Waals surface area (Å²) in [4.78, 5) is 12.6. The third kappa shape index (κ3) is 5.15. The smallest absolute Gasteiger partial charge is 0.322 e. The van der Waals surface area contributed by atoms with E-state index in [-0.39, 0.29) is 28.1 Å². The second kappa shape index (κ2) is 9.09. The summed E-state index contributed by atoms with van der Waals surface area (Å²) >= 11 is 0. The van der Waals surface area contributed by atoms with Gasteiger partial charge in [-0.1, -0.05) is 11.2 Å². The van der Waals surface area contributed by atoms with E-state index in [4.69, 9.17) is 9.15 Å². The first-order valence-corrected chi connectivity index (χ1v) is 11.0. The zero-order valence-corrected chi connectivity index (χ0v) is 18.0. The molecule has 0 saturated heterocycles. The fourth-order valence-corrected chi connectivity index (χ4v) is 3.89. The summed E-state index contributed by atoms with van der Waals surface area (Å²) in [6.07, 6.45) is 0. The van der Waals surface area contributed by atoms with Gasteiger partial charge < -0.3 is 9.15 Å². The number of ether oxygens (including phenoxy) is 1. The molecule has 0 aliphatic carbocycles. The lowest BCUT2D eigenvalue weighted by Gasteiger charge is -2.10. The standard InChI is InChI=1S/C22H17FN4O5S/c1-31-18-9-11-19(12-10-18)33(29,30)27-17-4-2-3-15(13-17)20(28)24-22-26-25-21(32-22)14-5-7-16(23)8-6-14/h2-13,27H,1H3,(H,24,26,28). The van der Waals surface area contributed by atoms with E-state index in [0.717, 1.165) is 0 Å². The number of nitrogens with zero attached hydrogens (tertiary/aromatic N) is 2. The Morgan fingerprint density at radius 2 is 1.73 bits per heavy atom. The molecule has 2 N–H and O–H groups in total. The Kier molecular flexibility index (Phi) is 6.05. The number of anilines is 2. The van der Waals surface area contributed by atoms with Crippen molar-refractivity contribution < 1.29 is 26.8 Å². The number of methoxy groups -OCH3 is 1. The van der Waals surface area contributed by atoms with Crippen LogP contribution in [0.4, 0.5) is 16.1 Å². The molecular weight excluding hydrogens is 451 g/mol. The minimum absolute atomic E-state index is 0.0392. The van der Waals surface area contributed by atoms with Crippen molar-refractivity contribution in [3.05, 3.63) is 84.2 Å². The predicted octanol–water partition coefficient (Wildman–Crippen LogP) is 3.94. The van der Waals surface area contributed by atoms with Gasteiger partial charge in [0, 0.05) is 16.8 Å². The van der Waals surface area contributed by atoms with Crippen LogP contribution in [-0.2, 0) is 10.0 Å². The molecule has 4 aromatic rings. The van der Waals surface area contributed by atoms with E-state index in [0.29, 0.717) is 11.3 Å². The molecule has 9 nitrogen and oxygen atoms in total. The van der Waals surface area contributed by atoms with Crippen LogP contribution in [0.5, 0.6) is 5.75 Å². The van der Waals surface area contributed by atoms with Gasteiger partial charge in [0.15, 0.2) is 0 Å². The molecule has 0 atom stereocenters. The summed E-state index contributed by atoms with van der Waals surface area (Å²) in [6, 6.07) is 17.0. The average molecular weight is 468 g/mol. The molecule has 0 aliphatic heterocycles. The molecule has 1 amide bonds. The first kappa shape index (κ1) is 22.0. The molecule has 11 heteroatoms. The van der Waals surface area contributed by atoms with Crippen LogP contribution in [0.25, 0.3) is 11.5 Å². The molecule has 1 heterocycles. The van der Waals surface area contributed by atoms with E-state index in [9.17, 15) is 17.6 Å². The third-order valence-corrected chi connectivity index (χ3v) is 5.88. The van der Waals surface area contributed by atoms with Crippen molar-refractivity contribution in [2.24, 2.45) is 0 Å². The second-order valence-corrected chi connectivity index (χ2v) is 8.42. The zero-order chi connectivity index (χ0) is 23.4. The summed E-state index contributed by atoms with van der Waals surface area (Å²) in [6.45, 7) is 0. The van der Waals surface area contributed by atoms with Gasteiger partial charge in [-0.2, -0.15) is 0 Å². The van der Waals surface area contributed by atoms with Gasteiger partial charge in [-0.3, -0.25) is 14.8 Å². The van der Waals surface area contributed by atoms with E-state index >= 15 is 0 Å². The zero-order valence-electron chi connectivity index (χ0n) is 17.2. The summed E-state index contributed by atoms with van der Waals surface area (Å²) in [5.74, 6) is -0.369. The van der Waals surface area contributed by atoms with Crippen molar-refractivity contribution in [2.75, 3.05) is 17.1 Å². The molecule has 0 fully saturated rings. The third-order valence-electron chi connectivity index (χ3n) is 4.48. The van der Waals surface area contributed by atoms with Gasteiger partial charge in [0.1, 0.15) is 11.6 Å². The van der Waals surface area contributed by atoms with Crippen molar-refractivity contribution in [1.29, 1.82) is 0 Å². The van der Waals surface area contributed by atoms with E-state index < -0.39 is 21.7 Å². The molecular formula is C22H17FN4O5S. The maximum atomic E-state index is 13.1. The molecule has 1 aromatic heterocycles. The molecule has 168 valence electrons. The highest BCUT2D eigenvalue weighted by Crippen LogP contribution is 2.22. The van der Waals surface area contributed by atoms with Crippen LogP contribution in [0, 0.1) is 5.82 Å². The maximum Gasteiger partial charge on any atom is 0.322 e. The molecule has 4 rings (SSSR count). The number of nitrogens with one attached hydrogen (secondary N) is 2. The quantitative estimate of drug-likeness (QED) is 0.421. The predicted molar refractivity (Wildman–Crippen MR) is 118 cm³/mol. The summed E-state index contributed by atoms with van der Waals surface area (Å²) in [5.41, 5.74) is 0.835. The maximum absolute atomic E-state index is 13.1. The molecule has 0 aliphatic rings. The van der Waals surface area contributed by atoms with Crippen molar-refractivity contribution in [3.8, 4) is 17.2 Å². The summed E-state index contributed by atoms with van der Waals surface area (Å²) in [5, 5.41) is 10.0. The number of hydrogen-bond acceptors (Lipinski definition) is 7. The fourth-order valence-electron chi connectivity index (χ4n) is 2.85. The number of carbonyl (C=O) groups is 1. The van der Waals surface area contributed by atoms with Crippen LogP contribution in [0.1, 0.15) is 10.4 Å². The average Bonchev–Trinajstić information content (AvgIpc) is 3.28. The lowest BCUT2D eigenvalue weighted by atomic mass is 10.2. The Hall–Kier alpha value is -4.25. The first-order chi connectivity index (χ1) is 15.8. The van der Waals surface area contributed by atoms with E-state index in [2.05, 4.69) is 20.2 Å². The highest BCUT2D eigenvalue weighted by Gasteiger charge is 2.17.